The number of hydrogen-bond donors (Lipinski definition) is 2. The Bertz CT molecular complexity index is 594. The van der Waals surface area contributed by atoms with Gasteiger partial charge in [0.25, 0.3) is 0 Å². The van der Waals surface area contributed by atoms with Gasteiger partial charge in [-0.05, 0) is 37.2 Å². The quantitative estimate of drug-likeness (QED) is 0.852. The Morgan fingerprint density at radius 3 is 1.92 bits per heavy atom. The van der Waals surface area contributed by atoms with E-state index in [9.17, 15) is 4.79 Å². The molecule has 2 N–H and O–H groups in total. The van der Waals surface area contributed by atoms with Gasteiger partial charge in [0.1, 0.15) is 0 Å². The largest absolute Gasteiger partial charge is 0.481 e. The average molecular weight is 329 g/mol. The van der Waals surface area contributed by atoms with Crippen molar-refractivity contribution in [2.24, 2.45) is 0 Å². The van der Waals surface area contributed by atoms with Crippen LogP contribution in [0.1, 0.15) is 24.8 Å². The first-order chi connectivity index (χ1) is 11.5. The lowest BCUT2D eigenvalue weighted by molar-refractivity contribution is -0.138. The molecule has 4 nitrogen and oxygen atoms in total. The van der Waals surface area contributed by atoms with Crippen molar-refractivity contribution in [3.05, 3.63) is 60.2 Å². The van der Waals surface area contributed by atoms with Gasteiger partial charge < -0.3 is 15.1 Å². The molecule has 0 aromatic heterocycles. The van der Waals surface area contributed by atoms with Gasteiger partial charge in [-0.25, -0.2) is 0 Å². The second-order valence-electron chi connectivity index (χ2n) is 5.81. The van der Waals surface area contributed by atoms with Gasteiger partial charge in [-0.15, -0.1) is 0 Å². The lowest BCUT2D eigenvalue weighted by Gasteiger charge is -2.10. The number of aliphatic hydroxyl groups is 1. The number of aliphatic hydroxyl groups excluding tert-OH is 1. The standard InChI is InChI=1S/C16H16O2.C4H11NO/c1-2-15(16(17)18)14-10-8-13(9-11-14)12-6-4-3-5-7-12;1-5(2)3-4-6/h3-11,15H,2H2,1H3,(H,17,18);6H,3-4H2,1-2H3. The van der Waals surface area contributed by atoms with Gasteiger partial charge in [0.15, 0.2) is 0 Å². The molecule has 0 aliphatic rings. The van der Waals surface area contributed by atoms with E-state index in [-0.39, 0.29) is 6.61 Å². The van der Waals surface area contributed by atoms with Gasteiger partial charge in [-0.1, -0.05) is 61.5 Å². The van der Waals surface area contributed by atoms with Gasteiger partial charge in [0.05, 0.1) is 12.5 Å². The third kappa shape index (κ3) is 6.52. The fraction of sp³-hybridized carbons (Fsp3) is 0.350. The summed E-state index contributed by atoms with van der Waals surface area (Å²) < 4.78 is 0. The molecule has 24 heavy (non-hydrogen) atoms. The van der Waals surface area contributed by atoms with E-state index in [1.807, 2.05) is 80.5 Å². The summed E-state index contributed by atoms with van der Waals surface area (Å²) in [4.78, 5) is 13.0. The molecule has 0 aliphatic heterocycles. The van der Waals surface area contributed by atoms with Crippen molar-refractivity contribution in [3.63, 3.8) is 0 Å². The summed E-state index contributed by atoms with van der Waals surface area (Å²) in [5.74, 6) is -1.17. The summed E-state index contributed by atoms with van der Waals surface area (Å²) in [6, 6.07) is 17.8. The molecule has 0 spiro atoms. The molecule has 0 radical (unpaired) electrons. The molecule has 130 valence electrons. The molecule has 0 aliphatic carbocycles. The highest BCUT2D eigenvalue weighted by Crippen LogP contribution is 2.24. The Kier molecular flexibility index (Phi) is 8.76. The Balaban J connectivity index is 0.000000413. The first-order valence-electron chi connectivity index (χ1n) is 8.13. The van der Waals surface area contributed by atoms with E-state index in [4.69, 9.17) is 10.2 Å². The molecule has 0 bridgehead atoms. The summed E-state index contributed by atoms with van der Waals surface area (Å²) in [5.41, 5.74) is 3.12. The van der Waals surface area contributed by atoms with Crippen LogP contribution in [0.3, 0.4) is 0 Å². The maximum atomic E-state index is 11.1. The number of carbonyl (C=O) groups is 1. The van der Waals surface area contributed by atoms with Crippen LogP contribution in [0.25, 0.3) is 11.1 Å². The number of aliphatic carboxylic acids is 1. The minimum Gasteiger partial charge on any atom is -0.481 e. The molecule has 0 saturated heterocycles. The van der Waals surface area contributed by atoms with Crippen LogP contribution in [0.4, 0.5) is 0 Å². The zero-order valence-corrected chi connectivity index (χ0v) is 14.6. The van der Waals surface area contributed by atoms with Crippen LogP contribution in [-0.4, -0.2) is 48.3 Å². The Hall–Kier alpha value is -2.17. The number of likely N-dealkylation sites (N-methyl/N-ethyl adjacent to an activating group) is 1. The summed E-state index contributed by atoms with van der Waals surface area (Å²) in [6.07, 6.45) is 0.611. The highest BCUT2D eigenvalue weighted by molar-refractivity contribution is 5.76. The van der Waals surface area contributed by atoms with Crippen molar-refractivity contribution in [1.82, 2.24) is 4.90 Å². The van der Waals surface area contributed by atoms with Crippen LogP contribution < -0.4 is 0 Å². The summed E-state index contributed by atoms with van der Waals surface area (Å²) in [7, 11) is 3.85. The molecule has 2 rings (SSSR count). The van der Waals surface area contributed by atoms with Crippen LogP contribution in [0, 0.1) is 0 Å². The topological polar surface area (TPSA) is 60.8 Å². The molecular formula is C20H27NO3. The number of carboxylic acid groups (broad SMARTS) is 1. The van der Waals surface area contributed by atoms with Crippen molar-refractivity contribution in [1.29, 1.82) is 0 Å². The van der Waals surface area contributed by atoms with E-state index >= 15 is 0 Å². The maximum absolute atomic E-state index is 11.1. The highest BCUT2D eigenvalue weighted by Gasteiger charge is 2.16. The van der Waals surface area contributed by atoms with E-state index in [0.29, 0.717) is 6.42 Å². The number of hydrogen-bond acceptors (Lipinski definition) is 3. The predicted molar refractivity (Wildman–Crippen MR) is 98.2 cm³/mol. The van der Waals surface area contributed by atoms with Crippen LogP contribution in [-0.2, 0) is 4.79 Å². The number of benzene rings is 2. The molecule has 0 fully saturated rings. The lowest BCUT2D eigenvalue weighted by Crippen LogP contribution is -2.15. The summed E-state index contributed by atoms with van der Waals surface area (Å²) in [5, 5.41) is 17.3. The molecule has 2 aromatic carbocycles. The first-order valence-corrected chi connectivity index (χ1v) is 8.13. The van der Waals surface area contributed by atoms with Crippen molar-refractivity contribution in [3.8, 4) is 11.1 Å². The van der Waals surface area contributed by atoms with Crippen molar-refractivity contribution in [2.45, 2.75) is 19.3 Å². The smallest absolute Gasteiger partial charge is 0.310 e. The molecule has 2 aromatic rings. The van der Waals surface area contributed by atoms with Gasteiger partial charge in [0, 0.05) is 6.54 Å². The van der Waals surface area contributed by atoms with Gasteiger partial charge >= 0.3 is 5.97 Å². The van der Waals surface area contributed by atoms with E-state index in [1.54, 1.807) is 0 Å². The zero-order valence-electron chi connectivity index (χ0n) is 14.6. The van der Waals surface area contributed by atoms with Crippen LogP contribution >= 0.6 is 0 Å². The zero-order chi connectivity index (χ0) is 17.9. The highest BCUT2D eigenvalue weighted by atomic mass is 16.4. The first kappa shape index (κ1) is 19.9. The number of rotatable bonds is 6. The van der Waals surface area contributed by atoms with Crippen molar-refractivity contribution < 1.29 is 15.0 Å². The van der Waals surface area contributed by atoms with Crippen molar-refractivity contribution >= 4 is 5.97 Å². The molecule has 0 heterocycles. The second-order valence-corrected chi connectivity index (χ2v) is 5.81. The predicted octanol–water partition coefficient (Wildman–Crippen LogP) is 3.47. The van der Waals surface area contributed by atoms with Crippen LogP contribution in [0.5, 0.6) is 0 Å². The number of nitrogens with zero attached hydrogens (tertiary/aromatic N) is 1. The number of carboxylic acids is 1. The molecule has 0 saturated carbocycles. The SMILES string of the molecule is CCC(C(=O)O)c1ccc(-c2ccccc2)cc1.CN(C)CCO. The Morgan fingerprint density at radius 2 is 1.54 bits per heavy atom. The minimum absolute atomic E-state index is 0.257. The third-order valence-electron chi connectivity index (χ3n) is 3.67. The Morgan fingerprint density at radius 1 is 1.00 bits per heavy atom. The summed E-state index contributed by atoms with van der Waals surface area (Å²) >= 11 is 0. The maximum Gasteiger partial charge on any atom is 0.310 e. The van der Waals surface area contributed by atoms with Crippen molar-refractivity contribution in [2.75, 3.05) is 27.2 Å². The fourth-order valence-corrected chi connectivity index (χ4v) is 2.29. The molecule has 4 heteroatoms. The minimum atomic E-state index is -0.759. The second kappa shape index (κ2) is 10.6. The van der Waals surface area contributed by atoms with Crippen LogP contribution in [0.2, 0.25) is 0 Å². The molecule has 1 atom stereocenters. The molecule has 1 unspecified atom stereocenters. The van der Waals surface area contributed by atoms with E-state index in [2.05, 4.69) is 0 Å². The fourth-order valence-electron chi connectivity index (χ4n) is 2.29. The van der Waals surface area contributed by atoms with E-state index in [1.165, 1.54) is 0 Å². The third-order valence-corrected chi connectivity index (χ3v) is 3.67. The van der Waals surface area contributed by atoms with Crippen LogP contribution in [0.15, 0.2) is 54.6 Å². The lowest BCUT2D eigenvalue weighted by atomic mass is 9.94. The van der Waals surface area contributed by atoms with Gasteiger partial charge in [-0.2, -0.15) is 0 Å². The van der Waals surface area contributed by atoms with E-state index < -0.39 is 11.9 Å². The molecule has 0 amide bonds. The average Bonchev–Trinajstić information content (AvgIpc) is 2.57. The van der Waals surface area contributed by atoms with E-state index in [0.717, 1.165) is 23.2 Å². The summed E-state index contributed by atoms with van der Waals surface area (Å²) in [6.45, 7) is 2.91. The molecular weight excluding hydrogens is 302 g/mol. The monoisotopic (exact) mass is 329 g/mol. The van der Waals surface area contributed by atoms with Gasteiger partial charge in [-0.3, -0.25) is 4.79 Å². The van der Waals surface area contributed by atoms with Gasteiger partial charge in [0.2, 0.25) is 0 Å². The normalized spacial score (nSPS) is 11.5. The Labute approximate surface area is 144 Å².